The van der Waals surface area contributed by atoms with Crippen LogP contribution in [0.5, 0.6) is 0 Å². The van der Waals surface area contributed by atoms with E-state index in [9.17, 15) is 9.59 Å². The number of hydrogen-bond acceptors (Lipinski definition) is 4. The molecule has 1 fully saturated rings. The van der Waals surface area contributed by atoms with Crippen LogP contribution in [0, 0.1) is 20.8 Å². The van der Waals surface area contributed by atoms with Crippen LogP contribution in [-0.2, 0) is 9.59 Å². The highest BCUT2D eigenvalue weighted by molar-refractivity contribution is 6.46. The van der Waals surface area contributed by atoms with E-state index in [1.807, 2.05) is 75.4 Å². The standard InChI is InChI=1S/C30H31N3O2/c1-20-7-9-23(10-8-20)27-28(30(35)33(29(27)34)26-18-21(2)17-22(3)19-26)31-24-11-13-25(14-12-24)32-15-5-4-6-16-32/h7-14,17-19,31H,4-6,15-16H2,1-3H3. The maximum atomic E-state index is 13.7. The number of aryl methyl sites for hydroxylation is 3. The first-order chi connectivity index (χ1) is 16.9. The van der Waals surface area contributed by atoms with Crippen molar-refractivity contribution in [3.63, 3.8) is 0 Å². The third-order valence-corrected chi connectivity index (χ3v) is 6.75. The van der Waals surface area contributed by atoms with Crippen molar-refractivity contribution in [3.05, 3.63) is 94.7 Å². The maximum Gasteiger partial charge on any atom is 0.282 e. The summed E-state index contributed by atoms with van der Waals surface area (Å²) in [4.78, 5) is 31.1. The topological polar surface area (TPSA) is 52.7 Å². The van der Waals surface area contributed by atoms with Gasteiger partial charge in [-0.25, -0.2) is 4.90 Å². The van der Waals surface area contributed by atoms with Gasteiger partial charge in [-0.3, -0.25) is 9.59 Å². The second kappa shape index (κ2) is 9.41. The Balaban J connectivity index is 1.51. The molecule has 2 aliphatic rings. The SMILES string of the molecule is Cc1ccc(C2=C(Nc3ccc(N4CCCCC4)cc3)C(=O)N(c3cc(C)cc(C)c3)C2=O)cc1. The van der Waals surface area contributed by atoms with Crippen LogP contribution in [0.25, 0.3) is 5.57 Å². The molecule has 0 aliphatic carbocycles. The summed E-state index contributed by atoms with van der Waals surface area (Å²) >= 11 is 0. The summed E-state index contributed by atoms with van der Waals surface area (Å²) in [6.45, 7) is 8.10. The zero-order chi connectivity index (χ0) is 24.5. The molecule has 0 radical (unpaired) electrons. The molecule has 0 spiro atoms. The van der Waals surface area contributed by atoms with Crippen LogP contribution in [0.3, 0.4) is 0 Å². The molecule has 5 nitrogen and oxygen atoms in total. The number of imide groups is 1. The summed E-state index contributed by atoms with van der Waals surface area (Å²) in [5, 5.41) is 3.29. The van der Waals surface area contributed by atoms with Gasteiger partial charge in [0.05, 0.1) is 11.3 Å². The summed E-state index contributed by atoms with van der Waals surface area (Å²) in [5.74, 6) is -0.646. The number of carbonyl (C=O) groups is 2. The van der Waals surface area contributed by atoms with Crippen molar-refractivity contribution in [3.8, 4) is 0 Å². The van der Waals surface area contributed by atoms with Gasteiger partial charge >= 0.3 is 0 Å². The van der Waals surface area contributed by atoms with Crippen LogP contribution in [0.2, 0.25) is 0 Å². The smallest absolute Gasteiger partial charge is 0.282 e. The minimum Gasteiger partial charge on any atom is -0.372 e. The number of hydrogen-bond donors (Lipinski definition) is 1. The number of amides is 2. The van der Waals surface area contributed by atoms with E-state index in [0.717, 1.165) is 41.0 Å². The number of carbonyl (C=O) groups excluding carboxylic acids is 2. The van der Waals surface area contributed by atoms with Gasteiger partial charge < -0.3 is 10.2 Å². The van der Waals surface area contributed by atoms with Gasteiger partial charge in [0, 0.05) is 24.5 Å². The second-order valence-corrected chi connectivity index (χ2v) is 9.63. The zero-order valence-electron chi connectivity index (χ0n) is 20.6. The second-order valence-electron chi connectivity index (χ2n) is 9.63. The van der Waals surface area contributed by atoms with Crippen LogP contribution in [-0.4, -0.2) is 24.9 Å². The Bertz CT molecular complexity index is 1280. The summed E-state index contributed by atoms with van der Waals surface area (Å²) in [6.07, 6.45) is 3.73. The molecule has 5 rings (SSSR count). The van der Waals surface area contributed by atoms with Crippen molar-refractivity contribution in [1.29, 1.82) is 0 Å². The molecule has 0 bridgehead atoms. The predicted molar refractivity (Wildman–Crippen MR) is 143 cm³/mol. The number of piperidine rings is 1. The lowest BCUT2D eigenvalue weighted by atomic mass is 10.0. The lowest BCUT2D eigenvalue weighted by Gasteiger charge is -2.28. The maximum absolute atomic E-state index is 13.7. The van der Waals surface area contributed by atoms with E-state index in [1.165, 1.54) is 29.8 Å². The third kappa shape index (κ3) is 4.59. The molecule has 3 aromatic carbocycles. The third-order valence-electron chi connectivity index (χ3n) is 6.75. The first-order valence-electron chi connectivity index (χ1n) is 12.3. The summed E-state index contributed by atoms with van der Waals surface area (Å²) in [7, 11) is 0. The van der Waals surface area contributed by atoms with E-state index < -0.39 is 0 Å². The summed E-state index contributed by atoms with van der Waals surface area (Å²) in [6, 6.07) is 21.7. The van der Waals surface area contributed by atoms with Crippen LogP contribution in [0.1, 0.15) is 41.5 Å². The Morgan fingerprint density at radius 1 is 0.657 bits per heavy atom. The Labute approximate surface area is 207 Å². The predicted octanol–water partition coefficient (Wildman–Crippen LogP) is 6.00. The number of nitrogens with zero attached hydrogens (tertiary/aromatic N) is 2. The number of benzene rings is 3. The highest BCUT2D eigenvalue weighted by atomic mass is 16.2. The molecule has 3 aromatic rings. The molecule has 1 saturated heterocycles. The normalized spacial score (nSPS) is 16.3. The van der Waals surface area contributed by atoms with E-state index in [2.05, 4.69) is 22.3 Å². The van der Waals surface area contributed by atoms with Gasteiger partial charge in [0.1, 0.15) is 5.70 Å². The number of anilines is 3. The van der Waals surface area contributed by atoms with E-state index in [0.29, 0.717) is 17.0 Å². The number of nitrogens with one attached hydrogen (secondary N) is 1. The molecule has 1 N–H and O–H groups in total. The molecule has 0 atom stereocenters. The zero-order valence-corrected chi connectivity index (χ0v) is 20.6. The minimum absolute atomic E-state index is 0.309. The molecule has 5 heteroatoms. The molecule has 0 aromatic heterocycles. The van der Waals surface area contributed by atoms with Gasteiger partial charge in [-0.1, -0.05) is 35.9 Å². The fourth-order valence-electron chi connectivity index (χ4n) is 5.00. The van der Waals surface area contributed by atoms with Crippen molar-refractivity contribution < 1.29 is 9.59 Å². The van der Waals surface area contributed by atoms with Crippen molar-refractivity contribution in [2.75, 3.05) is 28.2 Å². The van der Waals surface area contributed by atoms with Crippen molar-refractivity contribution >= 4 is 34.4 Å². The fourth-order valence-corrected chi connectivity index (χ4v) is 5.00. The Morgan fingerprint density at radius 2 is 1.29 bits per heavy atom. The highest BCUT2D eigenvalue weighted by Gasteiger charge is 2.40. The number of rotatable bonds is 5. The average molecular weight is 466 g/mol. The molecular weight excluding hydrogens is 434 g/mol. The van der Waals surface area contributed by atoms with Crippen LogP contribution in [0.4, 0.5) is 17.1 Å². The fraction of sp³-hybridized carbons (Fsp3) is 0.267. The molecular formula is C30H31N3O2. The summed E-state index contributed by atoms with van der Waals surface area (Å²) in [5.41, 5.74) is 7.12. The van der Waals surface area contributed by atoms with E-state index in [4.69, 9.17) is 0 Å². The molecule has 35 heavy (non-hydrogen) atoms. The molecule has 0 saturated carbocycles. The van der Waals surface area contributed by atoms with Crippen LogP contribution >= 0.6 is 0 Å². The molecule has 178 valence electrons. The minimum atomic E-state index is -0.337. The molecule has 2 aliphatic heterocycles. The first-order valence-corrected chi connectivity index (χ1v) is 12.3. The van der Waals surface area contributed by atoms with Crippen molar-refractivity contribution in [2.45, 2.75) is 40.0 Å². The monoisotopic (exact) mass is 465 g/mol. The van der Waals surface area contributed by atoms with Gasteiger partial charge in [0.15, 0.2) is 0 Å². The Morgan fingerprint density at radius 3 is 1.91 bits per heavy atom. The van der Waals surface area contributed by atoms with Gasteiger partial charge in [-0.2, -0.15) is 0 Å². The van der Waals surface area contributed by atoms with Crippen LogP contribution < -0.4 is 15.1 Å². The van der Waals surface area contributed by atoms with E-state index >= 15 is 0 Å². The Kier molecular flexibility index (Phi) is 6.16. The molecule has 2 amide bonds. The lowest BCUT2D eigenvalue weighted by Crippen LogP contribution is -2.32. The van der Waals surface area contributed by atoms with Gasteiger partial charge in [0.25, 0.3) is 11.8 Å². The Hall–Kier alpha value is -3.86. The van der Waals surface area contributed by atoms with Crippen LogP contribution in [0.15, 0.2) is 72.4 Å². The first kappa shape index (κ1) is 22.9. The molecule has 2 heterocycles. The van der Waals surface area contributed by atoms with E-state index in [1.54, 1.807) is 0 Å². The van der Waals surface area contributed by atoms with Gasteiger partial charge in [-0.05, 0) is 93.1 Å². The van der Waals surface area contributed by atoms with Crippen molar-refractivity contribution in [1.82, 2.24) is 0 Å². The van der Waals surface area contributed by atoms with Gasteiger partial charge in [-0.15, -0.1) is 0 Å². The van der Waals surface area contributed by atoms with Crippen molar-refractivity contribution in [2.24, 2.45) is 0 Å². The molecule has 0 unspecified atom stereocenters. The average Bonchev–Trinajstić information content (AvgIpc) is 3.09. The lowest BCUT2D eigenvalue weighted by molar-refractivity contribution is -0.120. The quantitative estimate of drug-likeness (QED) is 0.470. The summed E-state index contributed by atoms with van der Waals surface area (Å²) < 4.78 is 0. The van der Waals surface area contributed by atoms with E-state index in [-0.39, 0.29) is 11.8 Å². The highest BCUT2D eigenvalue weighted by Crippen LogP contribution is 2.35. The van der Waals surface area contributed by atoms with Gasteiger partial charge in [0.2, 0.25) is 0 Å². The largest absolute Gasteiger partial charge is 0.372 e.